The molecule has 0 aliphatic rings. The summed E-state index contributed by atoms with van der Waals surface area (Å²) < 4.78 is 24.9. The van der Waals surface area contributed by atoms with E-state index in [1.165, 1.54) is 6.07 Å². The van der Waals surface area contributed by atoms with Crippen LogP contribution in [0.25, 0.3) is 22.9 Å². The van der Waals surface area contributed by atoms with Crippen molar-refractivity contribution in [3.8, 4) is 28.7 Å². The van der Waals surface area contributed by atoms with E-state index in [1.807, 2.05) is 31.2 Å². The fourth-order valence-corrected chi connectivity index (χ4v) is 3.15. The van der Waals surface area contributed by atoms with Crippen molar-refractivity contribution in [2.24, 2.45) is 0 Å². The minimum absolute atomic E-state index is 0.147. The summed E-state index contributed by atoms with van der Waals surface area (Å²) in [7, 11) is 0. The molecule has 6 nitrogen and oxygen atoms in total. The number of rotatable bonds is 7. The van der Waals surface area contributed by atoms with E-state index in [0.717, 1.165) is 11.1 Å². The van der Waals surface area contributed by atoms with Gasteiger partial charge in [-0.2, -0.15) is 0 Å². The number of benzene rings is 3. The van der Waals surface area contributed by atoms with Crippen molar-refractivity contribution in [1.29, 1.82) is 0 Å². The SMILES string of the molecule is Cc1ccccc1-c1nnc(-c2ccc(C(=O)NC(C)COc3ccccc3F)cc2)o1. The maximum absolute atomic E-state index is 13.6. The highest BCUT2D eigenvalue weighted by atomic mass is 19.1. The number of aryl methyl sites for hydroxylation is 1. The largest absolute Gasteiger partial charge is 0.488 e. The van der Waals surface area contributed by atoms with Crippen molar-refractivity contribution in [2.75, 3.05) is 6.61 Å². The van der Waals surface area contributed by atoms with Gasteiger partial charge >= 0.3 is 0 Å². The fourth-order valence-electron chi connectivity index (χ4n) is 3.15. The molecule has 0 aliphatic heterocycles. The third-order valence-corrected chi connectivity index (χ3v) is 4.90. The Labute approximate surface area is 185 Å². The lowest BCUT2D eigenvalue weighted by atomic mass is 10.1. The van der Waals surface area contributed by atoms with Crippen molar-refractivity contribution in [3.05, 3.63) is 89.7 Å². The van der Waals surface area contributed by atoms with Gasteiger partial charge in [-0.25, -0.2) is 4.39 Å². The van der Waals surface area contributed by atoms with Crippen molar-refractivity contribution < 1.29 is 18.3 Å². The average Bonchev–Trinajstić information content (AvgIpc) is 3.29. The highest BCUT2D eigenvalue weighted by Crippen LogP contribution is 2.26. The van der Waals surface area contributed by atoms with Crippen LogP contribution in [0.4, 0.5) is 4.39 Å². The Kier molecular flexibility index (Phi) is 6.26. The first kappa shape index (κ1) is 21.2. The first-order valence-corrected chi connectivity index (χ1v) is 10.2. The second-order valence-electron chi connectivity index (χ2n) is 7.42. The summed E-state index contributed by atoms with van der Waals surface area (Å²) in [5.41, 5.74) is 3.12. The molecule has 4 rings (SSSR count). The van der Waals surface area contributed by atoms with Gasteiger partial charge in [-0.1, -0.05) is 30.3 Å². The predicted molar refractivity (Wildman–Crippen MR) is 119 cm³/mol. The van der Waals surface area contributed by atoms with Crippen LogP contribution in [0.3, 0.4) is 0 Å². The topological polar surface area (TPSA) is 77.2 Å². The number of nitrogens with zero attached hydrogens (tertiary/aromatic N) is 2. The zero-order chi connectivity index (χ0) is 22.5. The quantitative estimate of drug-likeness (QED) is 0.443. The number of carbonyl (C=O) groups excluding carboxylic acids is 1. The van der Waals surface area contributed by atoms with Gasteiger partial charge in [0.15, 0.2) is 11.6 Å². The molecule has 32 heavy (non-hydrogen) atoms. The fraction of sp³-hybridized carbons (Fsp3) is 0.160. The second kappa shape index (κ2) is 9.43. The van der Waals surface area contributed by atoms with E-state index >= 15 is 0 Å². The van der Waals surface area contributed by atoms with E-state index in [1.54, 1.807) is 49.4 Å². The Bertz CT molecular complexity index is 1220. The maximum atomic E-state index is 13.6. The number of hydrogen-bond donors (Lipinski definition) is 1. The molecule has 1 heterocycles. The van der Waals surface area contributed by atoms with Crippen LogP contribution in [0.1, 0.15) is 22.8 Å². The van der Waals surface area contributed by atoms with E-state index in [4.69, 9.17) is 9.15 Å². The van der Waals surface area contributed by atoms with E-state index in [2.05, 4.69) is 15.5 Å². The third kappa shape index (κ3) is 4.83. The minimum Gasteiger partial charge on any atom is -0.488 e. The summed E-state index contributed by atoms with van der Waals surface area (Å²) in [4.78, 5) is 12.5. The zero-order valence-corrected chi connectivity index (χ0v) is 17.7. The molecule has 0 saturated heterocycles. The number of hydrogen-bond acceptors (Lipinski definition) is 5. The summed E-state index contributed by atoms with van der Waals surface area (Å²) in [5, 5.41) is 11.1. The summed E-state index contributed by atoms with van der Waals surface area (Å²) in [6, 6.07) is 20.5. The van der Waals surface area contributed by atoms with Crippen LogP contribution < -0.4 is 10.1 Å². The van der Waals surface area contributed by atoms with E-state index in [-0.39, 0.29) is 24.3 Å². The standard InChI is InChI=1S/C25H22FN3O3/c1-16-7-3-4-8-20(16)25-29-28-24(32-25)19-13-11-18(12-14-19)23(30)27-17(2)15-31-22-10-6-5-9-21(22)26/h3-14,17H,15H2,1-2H3,(H,27,30). The molecule has 162 valence electrons. The van der Waals surface area contributed by atoms with E-state index in [0.29, 0.717) is 22.9 Å². The molecular formula is C25H22FN3O3. The van der Waals surface area contributed by atoms with Gasteiger partial charge in [0.25, 0.3) is 5.91 Å². The number of carbonyl (C=O) groups is 1. The first-order chi connectivity index (χ1) is 15.5. The molecule has 4 aromatic rings. The summed E-state index contributed by atoms with van der Waals surface area (Å²) in [6.45, 7) is 3.92. The molecule has 1 N–H and O–H groups in total. The molecule has 1 atom stereocenters. The lowest BCUT2D eigenvalue weighted by molar-refractivity contribution is 0.0926. The molecule has 0 aliphatic carbocycles. The van der Waals surface area contributed by atoms with Crippen molar-refractivity contribution in [3.63, 3.8) is 0 Å². The molecule has 3 aromatic carbocycles. The maximum Gasteiger partial charge on any atom is 0.251 e. The van der Waals surface area contributed by atoms with Crippen molar-refractivity contribution >= 4 is 5.91 Å². The normalized spacial score (nSPS) is 11.7. The Hall–Kier alpha value is -4.00. The molecule has 0 radical (unpaired) electrons. The van der Waals surface area contributed by atoms with Gasteiger partial charge in [0.05, 0.1) is 6.04 Å². The highest BCUT2D eigenvalue weighted by Gasteiger charge is 2.14. The average molecular weight is 431 g/mol. The van der Waals surface area contributed by atoms with Gasteiger partial charge in [-0.3, -0.25) is 4.79 Å². The molecule has 1 unspecified atom stereocenters. The monoisotopic (exact) mass is 431 g/mol. The molecule has 0 saturated carbocycles. The number of nitrogens with one attached hydrogen (secondary N) is 1. The minimum atomic E-state index is -0.437. The Morgan fingerprint density at radius 2 is 1.69 bits per heavy atom. The molecule has 0 fully saturated rings. The zero-order valence-electron chi connectivity index (χ0n) is 17.7. The van der Waals surface area contributed by atoms with Crippen molar-refractivity contribution in [2.45, 2.75) is 19.9 Å². The molecule has 1 aromatic heterocycles. The number of amides is 1. The van der Waals surface area contributed by atoms with Gasteiger partial charge in [0, 0.05) is 16.7 Å². The number of ether oxygens (including phenoxy) is 1. The van der Waals surface area contributed by atoms with Crippen LogP contribution >= 0.6 is 0 Å². The van der Waals surface area contributed by atoms with E-state index in [9.17, 15) is 9.18 Å². The first-order valence-electron chi connectivity index (χ1n) is 10.2. The lowest BCUT2D eigenvalue weighted by Gasteiger charge is -2.15. The number of para-hydroxylation sites is 1. The Morgan fingerprint density at radius 3 is 2.44 bits per heavy atom. The Balaban J connectivity index is 1.38. The summed E-state index contributed by atoms with van der Waals surface area (Å²) >= 11 is 0. The predicted octanol–water partition coefficient (Wildman–Crippen LogP) is 5.05. The number of aromatic nitrogens is 2. The molecule has 0 bridgehead atoms. The number of halogens is 1. The van der Waals surface area contributed by atoms with Crippen LogP contribution in [0.2, 0.25) is 0 Å². The van der Waals surface area contributed by atoms with Gasteiger partial charge in [0.1, 0.15) is 6.61 Å². The van der Waals surface area contributed by atoms with Crippen LogP contribution in [0, 0.1) is 12.7 Å². The molecule has 1 amide bonds. The summed E-state index contributed by atoms with van der Waals surface area (Å²) in [5.74, 6) is 0.286. The third-order valence-electron chi connectivity index (χ3n) is 4.90. The van der Waals surface area contributed by atoms with Gasteiger partial charge in [-0.15, -0.1) is 10.2 Å². The second-order valence-corrected chi connectivity index (χ2v) is 7.42. The van der Waals surface area contributed by atoms with E-state index < -0.39 is 5.82 Å². The smallest absolute Gasteiger partial charge is 0.251 e. The van der Waals surface area contributed by atoms with Gasteiger partial charge in [-0.05, 0) is 61.9 Å². The van der Waals surface area contributed by atoms with Crippen LogP contribution in [-0.4, -0.2) is 28.8 Å². The molecule has 7 heteroatoms. The Morgan fingerprint density at radius 1 is 1.00 bits per heavy atom. The highest BCUT2D eigenvalue weighted by molar-refractivity contribution is 5.94. The van der Waals surface area contributed by atoms with Crippen LogP contribution in [-0.2, 0) is 0 Å². The van der Waals surface area contributed by atoms with Crippen LogP contribution in [0.5, 0.6) is 5.75 Å². The van der Waals surface area contributed by atoms with Gasteiger partial charge in [0.2, 0.25) is 11.8 Å². The summed E-state index contributed by atoms with van der Waals surface area (Å²) in [6.07, 6.45) is 0. The van der Waals surface area contributed by atoms with Crippen LogP contribution in [0.15, 0.2) is 77.2 Å². The van der Waals surface area contributed by atoms with Crippen molar-refractivity contribution in [1.82, 2.24) is 15.5 Å². The lowest BCUT2D eigenvalue weighted by Crippen LogP contribution is -2.36. The molecule has 0 spiro atoms. The molecular weight excluding hydrogens is 409 g/mol. The van der Waals surface area contributed by atoms with Gasteiger partial charge < -0.3 is 14.5 Å².